The van der Waals surface area contributed by atoms with Crippen LogP contribution in [0.2, 0.25) is 5.02 Å². The monoisotopic (exact) mass is 579 g/mol. The zero-order valence-corrected chi connectivity index (χ0v) is 23.8. The Hall–Kier alpha value is -4.48. The number of amides is 3. The zero-order chi connectivity index (χ0) is 29.8. The lowest BCUT2D eigenvalue weighted by molar-refractivity contribution is -0.123. The first-order chi connectivity index (χ1) is 19.7. The second-order valence-corrected chi connectivity index (χ2v) is 9.72. The van der Waals surface area contributed by atoms with E-state index >= 15 is 0 Å². The summed E-state index contributed by atoms with van der Waals surface area (Å²) in [5.41, 5.74) is 6.80. The highest BCUT2D eigenvalue weighted by Gasteiger charge is 2.18. The van der Waals surface area contributed by atoms with Crippen LogP contribution in [0.5, 0.6) is 5.75 Å². The molecular formula is C29H34ClN7O4. The third-order valence-electron chi connectivity index (χ3n) is 5.89. The average Bonchev–Trinajstić information content (AvgIpc) is 2.97. The SMILES string of the molecule is CN(C)C(=N)c1ccc(C(=O)Nc2ccc(OCC(=O)NCCCCCN)cc2C(=O)Nc2ccc(Cl)cn2)cc1. The van der Waals surface area contributed by atoms with Gasteiger partial charge in [-0.25, -0.2) is 4.98 Å². The molecule has 0 atom stereocenters. The number of nitrogens with one attached hydrogen (secondary N) is 4. The molecule has 0 saturated heterocycles. The first kappa shape index (κ1) is 31.1. The van der Waals surface area contributed by atoms with Gasteiger partial charge in [0, 0.05) is 38.0 Å². The zero-order valence-electron chi connectivity index (χ0n) is 23.0. The molecule has 0 spiro atoms. The number of amidine groups is 1. The summed E-state index contributed by atoms with van der Waals surface area (Å²) in [6.45, 7) is 0.898. The van der Waals surface area contributed by atoms with E-state index in [1.807, 2.05) is 0 Å². The Bertz CT molecular complexity index is 1360. The highest BCUT2D eigenvalue weighted by molar-refractivity contribution is 6.30. The molecule has 2 aromatic carbocycles. The number of nitrogens with zero attached hydrogens (tertiary/aromatic N) is 2. The summed E-state index contributed by atoms with van der Waals surface area (Å²) in [6, 6.07) is 14.2. The van der Waals surface area contributed by atoms with Crippen molar-refractivity contribution in [1.82, 2.24) is 15.2 Å². The number of carbonyl (C=O) groups is 3. The quantitative estimate of drug-likeness (QED) is 0.117. The van der Waals surface area contributed by atoms with Crippen molar-refractivity contribution in [2.45, 2.75) is 19.3 Å². The van der Waals surface area contributed by atoms with E-state index in [-0.39, 0.29) is 35.3 Å². The number of aromatic nitrogens is 1. The minimum absolute atomic E-state index is 0.0980. The fourth-order valence-corrected chi connectivity index (χ4v) is 3.76. The molecule has 3 aromatic rings. The Kier molecular flexibility index (Phi) is 11.6. The van der Waals surface area contributed by atoms with Crippen LogP contribution in [0.3, 0.4) is 0 Å². The van der Waals surface area contributed by atoms with Gasteiger partial charge >= 0.3 is 0 Å². The standard InChI is InChI=1S/C29H34ClN7O4/c1-37(2)27(32)19-6-8-20(9-7-19)28(39)35-24-12-11-22(41-18-26(38)33-15-5-3-4-14-31)16-23(24)29(40)36-25-13-10-21(30)17-34-25/h6-13,16-17,32H,3-5,14-15,18,31H2,1-2H3,(H,33,38)(H,35,39)(H,34,36,40). The van der Waals surface area contributed by atoms with E-state index < -0.39 is 11.8 Å². The number of hydrogen-bond acceptors (Lipinski definition) is 7. The molecule has 3 rings (SSSR count). The number of anilines is 2. The number of pyridine rings is 1. The summed E-state index contributed by atoms with van der Waals surface area (Å²) in [4.78, 5) is 44.2. The van der Waals surface area contributed by atoms with Gasteiger partial charge in [-0.05, 0) is 61.9 Å². The van der Waals surface area contributed by atoms with Gasteiger partial charge in [0.1, 0.15) is 17.4 Å². The maximum Gasteiger partial charge on any atom is 0.259 e. The van der Waals surface area contributed by atoms with E-state index in [0.717, 1.165) is 19.3 Å². The van der Waals surface area contributed by atoms with Gasteiger partial charge in [0.2, 0.25) is 0 Å². The van der Waals surface area contributed by atoms with Gasteiger partial charge in [-0.15, -0.1) is 0 Å². The molecule has 1 aromatic heterocycles. The van der Waals surface area contributed by atoms with Crippen molar-refractivity contribution in [2.75, 3.05) is 44.4 Å². The predicted octanol–water partition coefficient (Wildman–Crippen LogP) is 3.75. The first-order valence-electron chi connectivity index (χ1n) is 13.0. The number of halogens is 1. The summed E-state index contributed by atoms with van der Waals surface area (Å²) in [7, 11) is 3.53. The molecule has 0 aliphatic carbocycles. The van der Waals surface area contributed by atoms with E-state index in [0.29, 0.717) is 35.1 Å². The third kappa shape index (κ3) is 9.59. The van der Waals surface area contributed by atoms with Crippen LogP contribution in [0.1, 0.15) is 45.5 Å². The van der Waals surface area contributed by atoms with E-state index in [2.05, 4.69) is 20.9 Å². The Labute approximate surface area is 243 Å². The number of nitrogens with two attached hydrogens (primary N) is 1. The van der Waals surface area contributed by atoms with Crippen LogP contribution in [0, 0.1) is 5.41 Å². The topological polar surface area (TPSA) is 163 Å². The summed E-state index contributed by atoms with van der Waals surface area (Å²) in [5.74, 6) is -0.466. The van der Waals surface area contributed by atoms with Crippen molar-refractivity contribution in [2.24, 2.45) is 5.73 Å². The molecule has 0 unspecified atom stereocenters. The van der Waals surface area contributed by atoms with Gasteiger partial charge in [-0.1, -0.05) is 30.2 Å². The Morgan fingerprint density at radius 1 is 0.951 bits per heavy atom. The molecule has 3 amide bonds. The Morgan fingerprint density at radius 2 is 1.68 bits per heavy atom. The van der Waals surface area contributed by atoms with Crippen molar-refractivity contribution in [3.8, 4) is 5.75 Å². The molecule has 216 valence electrons. The normalized spacial score (nSPS) is 10.4. The highest BCUT2D eigenvalue weighted by Crippen LogP contribution is 2.24. The Morgan fingerprint density at radius 3 is 2.34 bits per heavy atom. The molecule has 0 aliphatic heterocycles. The van der Waals surface area contributed by atoms with E-state index in [1.54, 1.807) is 61.5 Å². The van der Waals surface area contributed by atoms with Crippen LogP contribution >= 0.6 is 11.6 Å². The largest absolute Gasteiger partial charge is 0.484 e. The van der Waals surface area contributed by atoms with Crippen molar-refractivity contribution in [1.29, 1.82) is 5.41 Å². The molecular weight excluding hydrogens is 546 g/mol. The van der Waals surface area contributed by atoms with Crippen LogP contribution in [0.25, 0.3) is 0 Å². The van der Waals surface area contributed by atoms with Crippen molar-refractivity contribution in [3.63, 3.8) is 0 Å². The molecule has 0 radical (unpaired) electrons. The van der Waals surface area contributed by atoms with E-state index in [9.17, 15) is 14.4 Å². The number of carbonyl (C=O) groups excluding carboxylic acids is 3. The fourth-order valence-electron chi connectivity index (χ4n) is 3.65. The molecule has 6 N–H and O–H groups in total. The second-order valence-electron chi connectivity index (χ2n) is 9.29. The number of rotatable bonds is 13. The summed E-state index contributed by atoms with van der Waals surface area (Å²) in [5, 5.41) is 16.7. The fraction of sp³-hybridized carbons (Fsp3) is 0.276. The predicted molar refractivity (Wildman–Crippen MR) is 160 cm³/mol. The van der Waals surface area contributed by atoms with E-state index in [4.69, 9.17) is 27.5 Å². The van der Waals surface area contributed by atoms with Crippen LogP contribution < -0.4 is 26.4 Å². The molecule has 41 heavy (non-hydrogen) atoms. The number of hydrogen-bond donors (Lipinski definition) is 5. The minimum atomic E-state index is -0.556. The summed E-state index contributed by atoms with van der Waals surface area (Å²) >= 11 is 5.89. The summed E-state index contributed by atoms with van der Waals surface area (Å²) < 4.78 is 5.62. The van der Waals surface area contributed by atoms with Gasteiger partial charge in [0.25, 0.3) is 17.7 Å². The van der Waals surface area contributed by atoms with Crippen LogP contribution in [0.15, 0.2) is 60.8 Å². The van der Waals surface area contributed by atoms with Crippen LogP contribution in [-0.4, -0.2) is 67.2 Å². The number of benzene rings is 2. The van der Waals surface area contributed by atoms with Crippen molar-refractivity contribution >= 4 is 46.7 Å². The lowest BCUT2D eigenvalue weighted by atomic mass is 10.1. The third-order valence-corrected chi connectivity index (χ3v) is 6.12. The van der Waals surface area contributed by atoms with E-state index in [1.165, 1.54) is 18.3 Å². The lowest BCUT2D eigenvalue weighted by Gasteiger charge is -2.15. The lowest BCUT2D eigenvalue weighted by Crippen LogP contribution is -2.29. The van der Waals surface area contributed by atoms with Crippen LogP contribution in [0.4, 0.5) is 11.5 Å². The molecule has 0 fully saturated rings. The van der Waals surface area contributed by atoms with Gasteiger partial charge in [0.05, 0.1) is 16.3 Å². The molecule has 11 nitrogen and oxygen atoms in total. The molecule has 0 bridgehead atoms. The molecule has 1 heterocycles. The smallest absolute Gasteiger partial charge is 0.259 e. The molecule has 0 aliphatic rings. The van der Waals surface area contributed by atoms with Gasteiger partial charge < -0.3 is 31.3 Å². The maximum absolute atomic E-state index is 13.2. The first-order valence-corrected chi connectivity index (χ1v) is 13.4. The number of ether oxygens (including phenoxy) is 1. The summed E-state index contributed by atoms with van der Waals surface area (Å²) in [6.07, 6.45) is 4.04. The van der Waals surface area contributed by atoms with Gasteiger partial charge in [-0.2, -0.15) is 0 Å². The minimum Gasteiger partial charge on any atom is -0.484 e. The average molecular weight is 580 g/mol. The molecule has 12 heteroatoms. The van der Waals surface area contributed by atoms with Gasteiger partial charge in [0.15, 0.2) is 6.61 Å². The number of unbranched alkanes of at least 4 members (excludes halogenated alkanes) is 2. The maximum atomic E-state index is 13.2. The Balaban J connectivity index is 1.75. The van der Waals surface area contributed by atoms with Gasteiger partial charge in [-0.3, -0.25) is 19.8 Å². The molecule has 0 saturated carbocycles. The van der Waals surface area contributed by atoms with Crippen molar-refractivity contribution in [3.05, 3.63) is 82.5 Å². The van der Waals surface area contributed by atoms with Crippen LogP contribution in [-0.2, 0) is 4.79 Å². The highest BCUT2D eigenvalue weighted by atomic mass is 35.5. The van der Waals surface area contributed by atoms with Crippen molar-refractivity contribution < 1.29 is 19.1 Å². The second kappa shape index (κ2) is 15.3.